The summed E-state index contributed by atoms with van der Waals surface area (Å²) in [7, 11) is -3.48. The largest absolute Gasteiger partial charge is 0.390 e. The lowest BCUT2D eigenvalue weighted by atomic mass is 9.81. The highest BCUT2D eigenvalue weighted by Gasteiger charge is 2.31. The summed E-state index contributed by atoms with van der Waals surface area (Å²) in [5, 5.41) is 9.87. The van der Waals surface area contributed by atoms with Gasteiger partial charge in [-0.15, -0.1) is 0 Å². The molecule has 0 heterocycles. The quantitative estimate of drug-likeness (QED) is 0.894. The van der Waals surface area contributed by atoms with Gasteiger partial charge >= 0.3 is 0 Å². The average Bonchev–Trinajstić information content (AvgIpc) is 2.35. The molecular weight excluding hydrogens is 347 g/mol. The first-order chi connectivity index (χ1) is 9.20. The number of hydrogen-bond acceptors (Lipinski definition) is 3. The second-order valence-electron chi connectivity index (χ2n) is 5.80. The number of benzene rings is 1. The zero-order valence-electron chi connectivity index (χ0n) is 11.3. The van der Waals surface area contributed by atoms with Crippen molar-refractivity contribution in [1.82, 2.24) is 0 Å². The molecule has 112 valence electrons. The molecule has 2 rings (SSSR count). The van der Waals surface area contributed by atoms with Crippen LogP contribution in [-0.2, 0) is 9.84 Å². The second kappa shape index (κ2) is 5.73. The molecule has 1 aliphatic rings. The van der Waals surface area contributed by atoms with Crippen LogP contribution in [0, 0.1) is 11.7 Å². The fourth-order valence-electron chi connectivity index (χ4n) is 2.54. The van der Waals surface area contributed by atoms with E-state index in [4.69, 9.17) is 0 Å². The van der Waals surface area contributed by atoms with E-state index < -0.39 is 21.3 Å². The van der Waals surface area contributed by atoms with Crippen molar-refractivity contribution in [3.8, 4) is 0 Å². The summed E-state index contributed by atoms with van der Waals surface area (Å²) in [5.74, 6) is -0.519. The van der Waals surface area contributed by atoms with Crippen LogP contribution in [0.3, 0.4) is 0 Å². The van der Waals surface area contributed by atoms with Crippen molar-refractivity contribution in [2.75, 3.05) is 5.75 Å². The van der Waals surface area contributed by atoms with Crippen LogP contribution < -0.4 is 0 Å². The Morgan fingerprint density at radius 2 is 2.00 bits per heavy atom. The van der Waals surface area contributed by atoms with E-state index in [1.165, 1.54) is 12.1 Å². The van der Waals surface area contributed by atoms with Gasteiger partial charge in [0.2, 0.25) is 0 Å². The van der Waals surface area contributed by atoms with Crippen molar-refractivity contribution in [3.05, 3.63) is 28.5 Å². The third kappa shape index (κ3) is 3.80. The Bertz CT molecular complexity index is 588. The van der Waals surface area contributed by atoms with E-state index in [0.29, 0.717) is 25.7 Å². The van der Waals surface area contributed by atoms with E-state index in [1.807, 2.05) is 0 Å². The predicted octanol–water partition coefficient (Wildman–Crippen LogP) is 3.30. The Hall–Kier alpha value is -0.460. The third-order valence-electron chi connectivity index (χ3n) is 3.89. The highest BCUT2D eigenvalue weighted by atomic mass is 79.9. The van der Waals surface area contributed by atoms with Crippen LogP contribution in [0.1, 0.15) is 32.6 Å². The van der Waals surface area contributed by atoms with E-state index in [0.717, 1.165) is 6.07 Å². The minimum Gasteiger partial charge on any atom is -0.390 e. The van der Waals surface area contributed by atoms with Gasteiger partial charge in [0.1, 0.15) is 5.82 Å². The molecule has 0 spiro atoms. The smallest absolute Gasteiger partial charge is 0.178 e. The van der Waals surface area contributed by atoms with E-state index in [9.17, 15) is 17.9 Å². The molecule has 0 aliphatic heterocycles. The number of hydrogen-bond donors (Lipinski definition) is 1. The van der Waals surface area contributed by atoms with Gasteiger partial charge in [0.05, 0.1) is 20.7 Å². The summed E-state index contributed by atoms with van der Waals surface area (Å²) in [6.45, 7) is 1.78. The zero-order valence-corrected chi connectivity index (χ0v) is 13.7. The molecule has 1 aliphatic carbocycles. The maximum absolute atomic E-state index is 13.4. The maximum atomic E-state index is 13.4. The van der Waals surface area contributed by atoms with E-state index >= 15 is 0 Å². The van der Waals surface area contributed by atoms with Crippen molar-refractivity contribution in [2.24, 2.45) is 5.92 Å². The highest BCUT2D eigenvalue weighted by molar-refractivity contribution is 9.10. The van der Waals surface area contributed by atoms with Gasteiger partial charge in [-0.3, -0.25) is 0 Å². The van der Waals surface area contributed by atoms with Gasteiger partial charge in [-0.25, -0.2) is 12.8 Å². The number of aliphatic hydroxyl groups is 1. The average molecular weight is 365 g/mol. The number of rotatable bonds is 3. The number of sulfone groups is 1. The third-order valence-corrected chi connectivity index (χ3v) is 6.41. The normalized spacial score (nSPS) is 27.5. The molecule has 1 N–H and O–H groups in total. The summed E-state index contributed by atoms with van der Waals surface area (Å²) in [6.07, 6.45) is 2.60. The molecule has 1 aromatic carbocycles. The van der Waals surface area contributed by atoms with Gasteiger partial charge < -0.3 is 5.11 Å². The second-order valence-corrected chi connectivity index (χ2v) is 8.69. The van der Waals surface area contributed by atoms with Gasteiger partial charge in [-0.1, -0.05) is 0 Å². The number of halogens is 2. The van der Waals surface area contributed by atoms with Crippen LogP contribution in [0.2, 0.25) is 0 Å². The summed E-state index contributed by atoms with van der Waals surface area (Å²) in [4.78, 5) is 0.0236. The Morgan fingerprint density at radius 3 is 2.55 bits per heavy atom. The Morgan fingerprint density at radius 1 is 1.40 bits per heavy atom. The van der Waals surface area contributed by atoms with Crippen LogP contribution in [0.4, 0.5) is 4.39 Å². The maximum Gasteiger partial charge on any atom is 0.178 e. The first-order valence-electron chi connectivity index (χ1n) is 6.60. The van der Waals surface area contributed by atoms with Crippen LogP contribution in [0.15, 0.2) is 27.6 Å². The lowest BCUT2D eigenvalue weighted by Gasteiger charge is -2.32. The SMILES string of the molecule is CC1(O)CCC(CS(=O)(=O)c2ccc(Br)c(F)c2)CC1. The molecule has 6 heteroatoms. The summed E-state index contributed by atoms with van der Waals surface area (Å²) < 4.78 is 38.3. The summed E-state index contributed by atoms with van der Waals surface area (Å²) in [5.41, 5.74) is -0.677. The lowest BCUT2D eigenvalue weighted by molar-refractivity contribution is 0.0108. The molecule has 0 atom stereocenters. The molecule has 0 unspecified atom stereocenters. The minimum atomic E-state index is -3.48. The fourth-order valence-corrected chi connectivity index (χ4v) is 4.49. The van der Waals surface area contributed by atoms with Crippen LogP contribution >= 0.6 is 15.9 Å². The molecule has 0 saturated heterocycles. The fraction of sp³-hybridized carbons (Fsp3) is 0.571. The van der Waals surface area contributed by atoms with E-state index in [-0.39, 0.29) is 21.0 Å². The van der Waals surface area contributed by atoms with Crippen molar-refractivity contribution in [2.45, 2.75) is 43.1 Å². The predicted molar refractivity (Wildman–Crippen MR) is 78.7 cm³/mol. The molecule has 1 aromatic rings. The topological polar surface area (TPSA) is 54.4 Å². The minimum absolute atomic E-state index is 0.0180. The highest BCUT2D eigenvalue weighted by Crippen LogP contribution is 2.33. The van der Waals surface area contributed by atoms with Gasteiger partial charge in [0, 0.05) is 0 Å². The first kappa shape index (κ1) is 15.9. The Labute approximate surface area is 127 Å². The molecule has 0 bridgehead atoms. The molecule has 3 nitrogen and oxygen atoms in total. The first-order valence-corrected chi connectivity index (χ1v) is 9.04. The molecule has 0 amide bonds. The Kier molecular flexibility index (Phi) is 4.56. The van der Waals surface area contributed by atoms with Gasteiger partial charge in [-0.05, 0) is 72.7 Å². The van der Waals surface area contributed by atoms with Crippen LogP contribution in [0.25, 0.3) is 0 Å². The van der Waals surface area contributed by atoms with Gasteiger partial charge in [0.15, 0.2) is 9.84 Å². The molecule has 1 fully saturated rings. The molecule has 1 saturated carbocycles. The van der Waals surface area contributed by atoms with Crippen molar-refractivity contribution < 1.29 is 17.9 Å². The summed E-state index contributed by atoms with van der Waals surface area (Å²) >= 11 is 3.01. The summed E-state index contributed by atoms with van der Waals surface area (Å²) in [6, 6.07) is 3.88. The van der Waals surface area contributed by atoms with E-state index in [1.54, 1.807) is 6.92 Å². The van der Waals surface area contributed by atoms with Gasteiger partial charge in [-0.2, -0.15) is 0 Å². The van der Waals surface area contributed by atoms with Crippen molar-refractivity contribution >= 4 is 25.8 Å². The molecule has 20 heavy (non-hydrogen) atoms. The van der Waals surface area contributed by atoms with Gasteiger partial charge in [0.25, 0.3) is 0 Å². The zero-order chi connectivity index (χ0) is 15.0. The monoisotopic (exact) mass is 364 g/mol. The lowest BCUT2D eigenvalue weighted by Crippen LogP contribution is -2.32. The van der Waals surface area contributed by atoms with Crippen LogP contribution in [-0.4, -0.2) is 24.9 Å². The van der Waals surface area contributed by atoms with Crippen LogP contribution in [0.5, 0.6) is 0 Å². The standard InChI is InChI=1S/C14H18BrFO3S/c1-14(17)6-4-10(5-7-14)9-20(18,19)11-2-3-12(15)13(16)8-11/h2-3,8,10,17H,4-7,9H2,1H3. The van der Waals surface area contributed by atoms with Crippen molar-refractivity contribution in [1.29, 1.82) is 0 Å². The van der Waals surface area contributed by atoms with E-state index in [2.05, 4.69) is 15.9 Å². The molecule has 0 aromatic heterocycles. The Balaban J connectivity index is 2.10. The molecule has 0 radical (unpaired) electrons. The van der Waals surface area contributed by atoms with Crippen molar-refractivity contribution in [3.63, 3.8) is 0 Å². The molecular formula is C14H18BrFO3S.